The van der Waals surface area contributed by atoms with E-state index in [1.165, 1.54) is 33.3 Å². The summed E-state index contributed by atoms with van der Waals surface area (Å²) in [6.07, 6.45) is 19.5. The number of likely N-dealkylation sites (N-methyl/N-ethyl adjacent to an activating group) is 1. The molecule has 2 aliphatic carbocycles. The minimum Gasteiger partial charge on any atom is -0.357 e. The SMILES string of the molecule is CC1CC(c2ccccc2)=Cc2c1c1ccccc1n2C1C=CC(C2N=C(c3ccccc3)NC(C3C=CC=CC3)=N2)=CN1C. The maximum absolute atomic E-state index is 5.17. The number of hydrogen-bond acceptors (Lipinski definition) is 4. The van der Waals surface area contributed by atoms with Crippen LogP contribution < -0.4 is 5.32 Å². The number of amidine groups is 2. The Labute approximate surface area is 265 Å². The minimum absolute atomic E-state index is 0.0233. The van der Waals surface area contributed by atoms with Crippen LogP contribution in [0.3, 0.4) is 0 Å². The monoisotopic (exact) mass is 587 g/mol. The molecule has 0 bridgehead atoms. The fourth-order valence-corrected chi connectivity index (χ4v) is 7.21. The zero-order chi connectivity index (χ0) is 30.3. The van der Waals surface area contributed by atoms with Crippen LogP contribution in [-0.2, 0) is 0 Å². The van der Waals surface area contributed by atoms with Crippen molar-refractivity contribution in [1.82, 2.24) is 14.8 Å². The van der Waals surface area contributed by atoms with Gasteiger partial charge in [-0.25, -0.2) is 9.98 Å². The highest BCUT2D eigenvalue weighted by atomic mass is 15.3. The van der Waals surface area contributed by atoms with Crippen LogP contribution in [0.5, 0.6) is 0 Å². The molecule has 1 N–H and O–H groups in total. The summed E-state index contributed by atoms with van der Waals surface area (Å²) >= 11 is 0. The summed E-state index contributed by atoms with van der Waals surface area (Å²) in [6.45, 7) is 2.37. The standard InChI is InChI=1S/C40H37N5/c1-27-24-32(28-14-6-3-7-15-28)25-35-37(27)33-20-12-13-21-34(33)45(35)36-23-22-31(26-44(36)2)40-42-38(29-16-8-4-9-17-29)41-39(43-40)30-18-10-5-11-19-30/h3-18,20-23,25-27,30,36,40H,19,24H2,1-2H3,(H,41,42,43). The second kappa shape index (κ2) is 11.4. The van der Waals surface area contributed by atoms with Gasteiger partial charge in [-0.15, -0.1) is 0 Å². The molecule has 4 unspecified atom stereocenters. The molecule has 0 fully saturated rings. The maximum Gasteiger partial charge on any atom is 0.170 e. The van der Waals surface area contributed by atoms with Gasteiger partial charge in [0, 0.05) is 41.4 Å². The van der Waals surface area contributed by atoms with Crippen molar-refractivity contribution in [2.24, 2.45) is 15.9 Å². The number of aliphatic imine (C=N–C) groups is 2. The molecule has 5 heteroatoms. The normalized spacial score (nSPS) is 24.0. The van der Waals surface area contributed by atoms with E-state index in [2.05, 4.69) is 156 Å². The molecule has 3 aromatic carbocycles. The summed E-state index contributed by atoms with van der Waals surface area (Å²) in [5.74, 6) is 2.46. The van der Waals surface area contributed by atoms with Gasteiger partial charge < -0.3 is 14.8 Å². The van der Waals surface area contributed by atoms with Gasteiger partial charge in [0.25, 0.3) is 0 Å². The van der Waals surface area contributed by atoms with E-state index < -0.39 is 0 Å². The fraction of sp³-hybridized carbons (Fsp3) is 0.200. The van der Waals surface area contributed by atoms with Crippen LogP contribution >= 0.6 is 0 Å². The largest absolute Gasteiger partial charge is 0.357 e. The molecular weight excluding hydrogens is 550 g/mol. The van der Waals surface area contributed by atoms with Crippen molar-refractivity contribution in [3.8, 4) is 0 Å². The highest BCUT2D eigenvalue weighted by Gasteiger charge is 2.31. The predicted octanol–water partition coefficient (Wildman–Crippen LogP) is 8.48. The van der Waals surface area contributed by atoms with Crippen LogP contribution in [0.2, 0.25) is 0 Å². The van der Waals surface area contributed by atoms with E-state index in [1.54, 1.807) is 0 Å². The first-order valence-electron chi connectivity index (χ1n) is 16.0. The third-order valence-corrected chi connectivity index (χ3v) is 9.40. The number of fused-ring (bicyclic) bond motifs is 3. The van der Waals surface area contributed by atoms with E-state index in [0.717, 1.165) is 35.6 Å². The zero-order valence-corrected chi connectivity index (χ0v) is 25.7. The van der Waals surface area contributed by atoms with Gasteiger partial charge >= 0.3 is 0 Å². The zero-order valence-electron chi connectivity index (χ0n) is 25.7. The lowest BCUT2D eigenvalue weighted by Crippen LogP contribution is -2.41. The average molecular weight is 588 g/mol. The van der Waals surface area contributed by atoms with Gasteiger partial charge in [0.2, 0.25) is 0 Å². The van der Waals surface area contributed by atoms with Gasteiger partial charge in [0.15, 0.2) is 6.17 Å². The molecule has 3 heterocycles. The number of benzene rings is 3. The van der Waals surface area contributed by atoms with Crippen LogP contribution in [0.1, 0.15) is 54.2 Å². The highest BCUT2D eigenvalue weighted by Crippen LogP contribution is 2.45. The summed E-state index contributed by atoms with van der Waals surface area (Å²) in [5.41, 5.74) is 8.85. The van der Waals surface area contributed by atoms with Crippen LogP contribution in [0.15, 0.2) is 143 Å². The van der Waals surface area contributed by atoms with Crippen LogP contribution in [0.4, 0.5) is 0 Å². The Balaban J connectivity index is 1.18. The summed E-state index contributed by atoms with van der Waals surface area (Å²) in [6, 6.07) is 30.1. The Morgan fingerprint density at radius 3 is 2.33 bits per heavy atom. The Morgan fingerprint density at radius 1 is 0.822 bits per heavy atom. The quantitative estimate of drug-likeness (QED) is 0.255. The van der Waals surface area contributed by atoms with Gasteiger partial charge in [-0.1, -0.05) is 116 Å². The maximum atomic E-state index is 5.17. The molecule has 0 amide bonds. The van der Waals surface area contributed by atoms with E-state index in [9.17, 15) is 0 Å². The van der Waals surface area contributed by atoms with Gasteiger partial charge in [0.05, 0.1) is 5.52 Å². The number of rotatable bonds is 5. The Morgan fingerprint density at radius 2 is 1.58 bits per heavy atom. The third-order valence-electron chi connectivity index (χ3n) is 9.40. The van der Waals surface area contributed by atoms with Gasteiger partial charge in [-0.05, 0) is 53.7 Å². The molecule has 4 atom stereocenters. The van der Waals surface area contributed by atoms with Crippen LogP contribution in [0.25, 0.3) is 22.6 Å². The molecule has 0 saturated heterocycles. The number of nitrogens with zero attached hydrogens (tertiary/aromatic N) is 4. The minimum atomic E-state index is -0.324. The first kappa shape index (κ1) is 27.4. The third kappa shape index (κ3) is 4.98. The molecule has 4 aromatic rings. The molecule has 222 valence electrons. The number of allylic oxidation sites excluding steroid dienone is 4. The van der Waals surface area contributed by atoms with Crippen LogP contribution in [-0.4, -0.2) is 34.4 Å². The molecule has 0 saturated carbocycles. The van der Waals surface area contributed by atoms with E-state index in [-0.39, 0.29) is 18.2 Å². The number of aromatic nitrogens is 1. The first-order chi connectivity index (χ1) is 22.1. The van der Waals surface area contributed by atoms with Crippen molar-refractivity contribution in [2.45, 2.75) is 38.0 Å². The Hall–Kier alpha value is -5.16. The number of para-hydroxylation sites is 1. The van der Waals surface area contributed by atoms with Crippen molar-refractivity contribution in [3.05, 3.63) is 156 Å². The summed E-state index contributed by atoms with van der Waals surface area (Å²) < 4.78 is 2.52. The number of hydrogen-bond donors (Lipinski definition) is 1. The van der Waals surface area contributed by atoms with Crippen molar-refractivity contribution in [1.29, 1.82) is 0 Å². The van der Waals surface area contributed by atoms with Crippen molar-refractivity contribution < 1.29 is 0 Å². The average Bonchev–Trinajstić information content (AvgIpc) is 3.43. The second-order valence-corrected chi connectivity index (χ2v) is 12.4. The van der Waals surface area contributed by atoms with Gasteiger partial charge in [-0.3, -0.25) is 0 Å². The summed E-state index contributed by atoms with van der Waals surface area (Å²) in [4.78, 5) is 12.6. The molecule has 0 radical (unpaired) electrons. The van der Waals surface area contributed by atoms with Gasteiger partial charge in [-0.2, -0.15) is 0 Å². The van der Waals surface area contributed by atoms with E-state index in [1.807, 2.05) is 6.07 Å². The molecular formula is C40H37N5. The topological polar surface area (TPSA) is 44.9 Å². The molecule has 0 spiro atoms. The van der Waals surface area contributed by atoms with Crippen molar-refractivity contribution >= 4 is 34.2 Å². The van der Waals surface area contributed by atoms with Crippen molar-refractivity contribution in [2.75, 3.05) is 7.05 Å². The van der Waals surface area contributed by atoms with E-state index in [0.29, 0.717) is 5.92 Å². The Bertz CT molecular complexity index is 1970. The molecule has 5 nitrogen and oxygen atoms in total. The van der Waals surface area contributed by atoms with Crippen molar-refractivity contribution in [3.63, 3.8) is 0 Å². The summed E-state index contributed by atoms with van der Waals surface area (Å²) in [7, 11) is 2.17. The number of nitrogens with one attached hydrogen (secondary N) is 1. The smallest absolute Gasteiger partial charge is 0.170 e. The molecule has 45 heavy (non-hydrogen) atoms. The van der Waals surface area contributed by atoms with Crippen LogP contribution in [0, 0.1) is 5.92 Å². The predicted molar refractivity (Wildman–Crippen MR) is 187 cm³/mol. The molecule has 1 aromatic heterocycles. The lowest BCUT2D eigenvalue weighted by Gasteiger charge is -2.34. The van der Waals surface area contributed by atoms with Gasteiger partial charge in [0.1, 0.15) is 17.8 Å². The highest BCUT2D eigenvalue weighted by molar-refractivity contribution is 6.11. The van der Waals surface area contributed by atoms with E-state index >= 15 is 0 Å². The fourth-order valence-electron chi connectivity index (χ4n) is 7.21. The molecule has 8 rings (SSSR count). The lowest BCUT2D eigenvalue weighted by molar-refractivity contribution is 0.301. The molecule has 4 aliphatic rings. The lowest BCUT2D eigenvalue weighted by atomic mass is 9.83. The molecule has 2 aliphatic heterocycles. The first-order valence-corrected chi connectivity index (χ1v) is 16.0. The Kier molecular flexibility index (Phi) is 6.94. The second-order valence-electron chi connectivity index (χ2n) is 12.4. The summed E-state index contributed by atoms with van der Waals surface area (Å²) in [5, 5.41) is 4.91. The van der Waals surface area contributed by atoms with E-state index in [4.69, 9.17) is 9.98 Å².